The molecule has 4 heteroatoms. The maximum absolute atomic E-state index is 13.1. The third-order valence-electron chi connectivity index (χ3n) is 5.16. The molecular weight excluding hydrogens is 328 g/mol. The lowest BCUT2D eigenvalue weighted by atomic mass is 9.86. The van der Waals surface area contributed by atoms with E-state index in [2.05, 4.69) is 12.2 Å². The number of benzene rings is 1. The van der Waals surface area contributed by atoms with Crippen LogP contribution in [0.1, 0.15) is 43.0 Å². The third kappa shape index (κ3) is 3.31. The van der Waals surface area contributed by atoms with Gasteiger partial charge in [-0.25, -0.2) is 4.98 Å². The average molecular weight is 350 g/mol. The Labute approximate surface area is 152 Å². The Morgan fingerprint density at radius 2 is 2.00 bits per heavy atom. The number of aromatic nitrogens is 1. The van der Waals surface area contributed by atoms with E-state index in [4.69, 9.17) is 4.98 Å². The van der Waals surface area contributed by atoms with Crippen LogP contribution < -0.4 is 5.32 Å². The highest BCUT2D eigenvalue weighted by Crippen LogP contribution is 2.29. The molecule has 128 valence electrons. The number of carbonyl (C=O) groups excluding carboxylic acids is 1. The standard InChI is InChI=1S/C21H22N2OS/c1-14-7-2-4-9-17(14)23-21(24)16-13-19(20-11-6-12-25-20)22-18-10-5-3-8-15(16)18/h3,5-6,8,10-14,17H,2,4,7,9H2,1H3,(H,23,24)/t14-,17-/m0/s1. The largest absolute Gasteiger partial charge is 0.349 e. The van der Waals surface area contributed by atoms with Crippen molar-refractivity contribution >= 4 is 28.1 Å². The van der Waals surface area contributed by atoms with Gasteiger partial charge in [-0.3, -0.25) is 4.79 Å². The number of thiophene rings is 1. The van der Waals surface area contributed by atoms with Crippen LogP contribution in [0, 0.1) is 5.92 Å². The van der Waals surface area contributed by atoms with Gasteiger partial charge in [0.2, 0.25) is 0 Å². The van der Waals surface area contributed by atoms with Crippen molar-refractivity contribution in [1.82, 2.24) is 10.3 Å². The lowest BCUT2D eigenvalue weighted by molar-refractivity contribution is 0.0912. The molecule has 0 spiro atoms. The molecule has 0 saturated heterocycles. The SMILES string of the molecule is C[C@H]1CCCC[C@@H]1NC(=O)c1cc(-c2cccs2)nc2ccccc12. The molecule has 3 nitrogen and oxygen atoms in total. The molecule has 2 aromatic heterocycles. The molecule has 1 amide bonds. The highest BCUT2D eigenvalue weighted by molar-refractivity contribution is 7.13. The summed E-state index contributed by atoms with van der Waals surface area (Å²) in [5, 5.41) is 6.24. The first-order valence-electron chi connectivity index (χ1n) is 8.97. The molecule has 0 unspecified atom stereocenters. The first-order chi connectivity index (χ1) is 12.2. The summed E-state index contributed by atoms with van der Waals surface area (Å²) in [5.41, 5.74) is 2.47. The second-order valence-electron chi connectivity index (χ2n) is 6.89. The van der Waals surface area contributed by atoms with Gasteiger partial charge in [0.15, 0.2) is 0 Å². The molecule has 4 rings (SSSR count). The molecule has 1 saturated carbocycles. The lowest BCUT2D eigenvalue weighted by Gasteiger charge is -2.29. The molecule has 2 heterocycles. The Kier molecular flexibility index (Phi) is 4.53. The minimum absolute atomic E-state index is 0.0233. The fraction of sp³-hybridized carbons (Fsp3) is 0.333. The first kappa shape index (κ1) is 16.3. The van der Waals surface area contributed by atoms with E-state index >= 15 is 0 Å². The number of nitrogens with zero attached hydrogens (tertiary/aromatic N) is 1. The van der Waals surface area contributed by atoms with Crippen molar-refractivity contribution in [2.45, 2.75) is 38.6 Å². The summed E-state index contributed by atoms with van der Waals surface area (Å²) in [6.07, 6.45) is 4.75. The molecule has 1 aliphatic rings. The van der Waals surface area contributed by atoms with Crippen LogP contribution in [-0.2, 0) is 0 Å². The predicted molar refractivity (Wildman–Crippen MR) is 104 cm³/mol. The summed E-state index contributed by atoms with van der Waals surface area (Å²) in [6.45, 7) is 2.24. The molecule has 1 aromatic carbocycles. The molecule has 0 radical (unpaired) electrons. The van der Waals surface area contributed by atoms with Crippen LogP contribution in [0.3, 0.4) is 0 Å². The molecular formula is C21H22N2OS. The summed E-state index contributed by atoms with van der Waals surface area (Å²) >= 11 is 1.65. The number of hydrogen-bond donors (Lipinski definition) is 1. The topological polar surface area (TPSA) is 42.0 Å². The molecule has 0 bridgehead atoms. The van der Waals surface area contributed by atoms with Gasteiger partial charge in [0.05, 0.1) is 21.7 Å². The van der Waals surface area contributed by atoms with E-state index in [1.165, 1.54) is 19.3 Å². The van der Waals surface area contributed by atoms with Crippen molar-refractivity contribution < 1.29 is 4.79 Å². The van der Waals surface area contributed by atoms with Crippen molar-refractivity contribution in [2.75, 3.05) is 0 Å². The zero-order valence-electron chi connectivity index (χ0n) is 14.4. The number of rotatable bonds is 3. The number of pyridine rings is 1. The zero-order chi connectivity index (χ0) is 17.2. The van der Waals surface area contributed by atoms with E-state index in [-0.39, 0.29) is 11.9 Å². The van der Waals surface area contributed by atoms with Gasteiger partial charge in [0.25, 0.3) is 5.91 Å². The van der Waals surface area contributed by atoms with E-state index in [1.54, 1.807) is 11.3 Å². The van der Waals surface area contributed by atoms with Gasteiger partial charge in [-0.2, -0.15) is 0 Å². The van der Waals surface area contributed by atoms with Gasteiger partial charge in [-0.05, 0) is 42.3 Å². The van der Waals surface area contributed by atoms with Gasteiger partial charge in [0.1, 0.15) is 0 Å². The number of carbonyl (C=O) groups is 1. The van der Waals surface area contributed by atoms with Crippen molar-refractivity contribution in [3.05, 3.63) is 53.4 Å². The molecule has 25 heavy (non-hydrogen) atoms. The van der Waals surface area contributed by atoms with Gasteiger partial charge in [0, 0.05) is 11.4 Å². The third-order valence-corrected chi connectivity index (χ3v) is 6.05. The quantitative estimate of drug-likeness (QED) is 0.699. The first-order valence-corrected chi connectivity index (χ1v) is 9.85. The van der Waals surface area contributed by atoms with E-state index in [9.17, 15) is 4.79 Å². The van der Waals surface area contributed by atoms with Crippen LogP contribution in [0.4, 0.5) is 0 Å². The van der Waals surface area contributed by atoms with Crippen LogP contribution in [0.5, 0.6) is 0 Å². The fourth-order valence-corrected chi connectivity index (χ4v) is 4.38. The minimum Gasteiger partial charge on any atom is -0.349 e. The highest BCUT2D eigenvalue weighted by Gasteiger charge is 2.24. The summed E-state index contributed by atoms with van der Waals surface area (Å²) in [7, 11) is 0. The minimum atomic E-state index is 0.0233. The van der Waals surface area contributed by atoms with E-state index in [1.807, 2.05) is 47.8 Å². The molecule has 0 aliphatic heterocycles. The maximum Gasteiger partial charge on any atom is 0.252 e. The summed E-state index contributed by atoms with van der Waals surface area (Å²) in [4.78, 5) is 18.9. The smallest absolute Gasteiger partial charge is 0.252 e. The number of fused-ring (bicyclic) bond motifs is 1. The van der Waals surface area contributed by atoms with E-state index in [0.717, 1.165) is 33.5 Å². The van der Waals surface area contributed by atoms with Crippen LogP contribution in [0.15, 0.2) is 47.8 Å². The number of hydrogen-bond acceptors (Lipinski definition) is 3. The monoisotopic (exact) mass is 350 g/mol. The molecule has 1 N–H and O–H groups in total. The predicted octanol–water partition coefficient (Wildman–Crippen LogP) is 5.27. The van der Waals surface area contributed by atoms with E-state index in [0.29, 0.717) is 5.92 Å². The van der Waals surface area contributed by atoms with Gasteiger partial charge >= 0.3 is 0 Å². The van der Waals surface area contributed by atoms with Crippen molar-refractivity contribution in [2.24, 2.45) is 5.92 Å². The zero-order valence-corrected chi connectivity index (χ0v) is 15.2. The molecule has 1 aliphatic carbocycles. The van der Waals surface area contributed by atoms with Crippen LogP contribution >= 0.6 is 11.3 Å². The van der Waals surface area contributed by atoms with Crippen molar-refractivity contribution in [3.8, 4) is 10.6 Å². The number of para-hydroxylation sites is 1. The molecule has 1 fully saturated rings. The molecule has 2 atom stereocenters. The van der Waals surface area contributed by atoms with Gasteiger partial charge in [-0.1, -0.05) is 44.0 Å². The van der Waals surface area contributed by atoms with Crippen LogP contribution in [0.2, 0.25) is 0 Å². The number of nitrogens with one attached hydrogen (secondary N) is 1. The highest BCUT2D eigenvalue weighted by atomic mass is 32.1. The van der Waals surface area contributed by atoms with Gasteiger partial charge in [-0.15, -0.1) is 11.3 Å². The van der Waals surface area contributed by atoms with Crippen LogP contribution in [-0.4, -0.2) is 16.9 Å². The second-order valence-corrected chi connectivity index (χ2v) is 7.84. The normalized spacial score (nSPS) is 20.5. The average Bonchev–Trinajstić information content (AvgIpc) is 3.17. The molecule has 3 aromatic rings. The lowest BCUT2D eigenvalue weighted by Crippen LogP contribution is -2.41. The van der Waals surface area contributed by atoms with Gasteiger partial charge < -0.3 is 5.32 Å². The second kappa shape index (κ2) is 6.96. The Hall–Kier alpha value is -2.20. The Bertz CT molecular complexity index is 888. The Morgan fingerprint density at radius 1 is 1.16 bits per heavy atom. The Balaban J connectivity index is 1.73. The van der Waals surface area contributed by atoms with E-state index < -0.39 is 0 Å². The maximum atomic E-state index is 13.1. The fourth-order valence-electron chi connectivity index (χ4n) is 3.69. The summed E-state index contributed by atoms with van der Waals surface area (Å²) in [5.74, 6) is 0.567. The number of amides is 1. The van der Waals surface area contributed by atoms with Crippen LogP contribution in [0.25, 0.3) is 21.5 Å². The Morgan fingerprint density at radius 3 is 2.80 bits per heavy atom. The van der Waals surface area contributed by atoms with Crippen molar-refractivity contribution in [1.29, 1.82) is 0 Å². The summed E-state index contributed by atoms with van der Waals surface area (Å²) in [6, 6.07) is 14.2. The van der Waals surface area contributed by atoms with Crippen molar-refractivity contribution in [3.63, 3.8) is 0 Å². The summed E-state index contributed by atoms with van der Waals surface area (Å²) < 4.78 is 0.